The molecule has 0 N–H and O–H groups in total. The molecule has 1 heterocycles. The Labute approximate surface area is 104 Å². The molecular weight excluding hydrogens is 237 g/mol. The van der Waals surface area contributed by atoms with Crippen molar-refractivity contribution in [3.8, 4) is 0 Å². The fraction of sp³-hybridized carbons (Fsp3) is 0.333. The Kier molecular flexibility index (Phi) is 3.78. The summed E-state index contributed by atoms with van der Waals surface area (Å²) in [6, 6.07) is 6.63. The lowest BCUT2D eigenvalue weighted by atomic mass is 10.2. The Morgan fingerprint density at radius 1 is 1.35 bits per heavy atom. The van der Waals surface area contributed by atoms with Gasteiger partial charge in [-0.25, -0.2) is 4.39 Å². The van der Waals surface area contributed by atoms with Gasteiger partial charge in [0.05, 0.1) is 0 Å². The molecule has 3 nitrogen and oxygen atoms in total. The monoisotopic (exact) mass is 251 g/mol. The van der Waals surface area contributed by atoms with Gasteiger partial charge in [0.2, 0.25) is 0 Å². The summed E-state index contributed by atoms with van der Waals surface area (Å²) in [5.74, 6) is 1.47. The molecule has 0 radical (unpaired) electrons. The maximum atomic E-state index is 13.0. The van der Waals surface area contributed by atoms with Crippen LogP contribution in [-0.4, -0.2) is 14.8 Å². The third kappa shape index (κ3) is 2.85. The summed E-state index contributed by atoms with van der Waals surface area (Å²) in [6.07, 6.45) is 0.865. The molecule has 17 heavy (non-hydrogen) atoms. The van der Waals surface area contributed by atoms with E-state index in [-0.39, 0.29) is 5.82 Å². The second-order valence-corrected chi connectivity index (χ2v) is 4.67. The van der Waals surface area contributed by atoms with E-state index >= 15 is 0 Å². The fourth-order valence-electron chi connectivity index (χ4n) is 1.55. The molecule has 5 heteroatoms. The molecule has 0 unspecified atom stereocenters. The van der Waals surface area contributed by atoms with E-state index in [1.165, 1.54) is 6.07 Å². The number of rotatable bonds is 4. The van der Waals surface area contributed by atoms with E-state index in [9.17, 15) is 4.39 Å². The predicted octanol–water partition coefficient (Wildman–Crippen LogP) is 2.81. The van der Waals surface area contributed by atoms with Crippen LogP contribution in [0.2, 0.25) is 0 Å². The molecule has 2 rings (SSSR count). The van der Waals surface area contributed by atoms with Crippen LogP contribution in [-0.2, 0) is 19.2 Å². The van der Waals surface area contributed by atoms with Gasteiger partial charge in [0.25, 0.3) is 0 Å². The fourth-order valence-corrected chi connectivity index (χ4v) is 2.43. The van der Waals surface area contributed by atoms with Crippen molar-refractivity contribution in [1.29, 1.82) is 0 Å². The van der Waals surface area contributed by atoms with Gasteiger partial charge in [0, 0.05) is 19.2 Å². The third-order valence-corrected chi connectivity index (χ3v) is 3.59. The molecule has 0 aliphatic heterocycles. The Morgan fingerprint density at radius 2 is 2.18 bits per heavy atom. The second kappa shape index (κ2) is 5.31. The minimum absolute atomic E-state index is 0.199. The van der Waals surface area contributed by atoms with E-state index in [4.69, 9.17) is 0 Å². The molecule has 0 spiro atoms. The first-order valence-corrected chi connectivity index (χ1v) is 6.44. The molecule has 0 amide bonds. The van der Waals surface area contributed by atoms with E-state index in [1.807, 2.05) is 24.6 Å². The summed E-state index contributed by atoms with van der Waals surface area (Å²) in [4.78, 5) is 0. The standard InChI is InChI=1S/C12H14FN3S/c1-3-11-14-15-12(16(11)2)17-8-9-5-4-6-10(13)7-9/h4-7H,3,8H2,1-2H3. The van der Waals surface area contributed by atoms with Crippen LogP contribution in [0, 0.1) is 5.82 Å². The van der Waals surface area contributed by atoms with Crippen LogP contribution in [0.15, 0.2) is 29.4 Å². The number of thioether (sulfide) groups is 1. The van der Waals surface area contributed by atoms with Crippen LogP contribution in [0.5, 0.6) is 0 Å². The second-order valence-electron chi connectivity index (χ2n) is 3.73. The van der Waals surface area contributed by atoms with Crippen LogP contribution in [0.1, 0.15) is 18.3 Å². The van der Waals surface area contributed by atoms with Crippen LogP contribution < -0.4 is 0 Å². The Bertz CT molecular complexity index is 510. The van der Waals surface area contributed by atoms with Crippen molar-refractivity contribution in [1.82, 2.24) is 14.8 Å². The van der Waals surface area contributed by atoms with Gasteiger partial charge < -0.3 is 4.57 Å². The maximum Gasteiger partial charge on any atom is 0.191 e. The van der Waals surface area contributed by atoms with Gasteiger partial charge in [-0.1, -0.05) is 30.8 Å². The molecule has 90 valence electrons. The Hall–Kier alpha value is -1.36. The first-order chi connectivity index (χ1) is 8.20. The van der Waals surface area contributed by atoms with Crippen LogP contribution >= 0.6 is 11.8 Å². The molecule has 1 aromatic carbocycles. The van der Waals surface area contributed by atoms with E-state index in [1.54, 1.807) is 23.9 Å². The summed E-state index contributed by atoms with van der Waals surface area (Å²) < 4.78 is 15.0. The molecule has 0 fully saturated rings. The van der Waals surface area contributed by atoms with Crippen LogP contribution in [0.3, 0.4) is 0 Å². The highest BCUT2D eigenvalue weighted by atomic mass is 32.2. The van der Waals surface area contributed by atoms with Crippen molar-refractivity contribution in [2.45, 2.75) is 24.3 Å². The van der Waals surface area contributed by atoms with E-state index in [2.05, 4.69) is 10.2 Å². The van der Waals surface area contributed by atoms with Gasteiger partial charge >= 0.3 is 0 Å². The summed E-state index contributed by atoms with van der Waals surface area (Å²) >= 11 is 1.57. The Balaban J connectivity index is 2.05. The molecule has 2 aromatic rings. The van der Waals surface area contributed by atoms with E-state index in [0.29, 0.717) is 5.75 Å². The minimum atomic E-state index is -0.199. The molecule has 0 saturated carbocycles. The summed E-state index contributed by atoms with van der Waals surface area (Å²) in [6.45, 7) is 2.05. The SMILES string of the molecule is CCc1nnc(SCc2cccc(F)c2)n1C. The summed E-state index contributed by atoms with van der Waals surface area (Å²) in [5.41, 5.74) is 0.955. The van der Waals surface area contributed by atoms with E-state index < -0.39 is 0 Å². The number of halogens is 1. The van der Waals surface area contributed by atoms with Crippen molar-refractivity contribution in [2.24, 2.45) is 7.05 Å². The largest absolute Gasteiger partial charge is 0.309 e. The van der Waals surface area contributed by atoms with Crippen molar-refractivity contribution in [2.75, 3.05) is 0 Å². The lowest BCUT2D eigenvalue weighted by Crippen LogP contribution is -1.97. The van der Waals surface area contributed by atoms with Gasteiger partial charge in [-0.05, 0) is 17.7 Å². The highest BCUT2D eigenvalue weighted by Gasteiger charge is 2.07. The van der Waals surface area contributed by atoms with Crippen molar-refractivity contribution < 1.29 is 4.39 Å². The highest BCUT2D eigenvalue weighted by molar-refractivity contribution is 7.98. The predicted molar refractivity (Wildman–Crippen MR) is 66.3 cm³/mol. The number of hydrogen-bond donors (Lipinski definition) is 0. The van der Waals surface area contributed by atoms with Gasteiger partial charge in [-0.2, -0.15) is 0 Å². The number of benzene rings is 1. The van der Waals surface area contributed by atoms with Gasteiger partial charge in [-0.15, -0.1) is 10.2 Å². The van der Waals surface area contributed by atoms with Gasteiger partial charge in [0.15, 0.2) is 5.16 Å². The number of aromatic nitrogens is 3. The number of nitrogens with zero attached hydrogens (tertiary/aromatic N) is 3. The van der Waals surface area contributed by atoms with Crippen LogP contribution in [0.25, 0.3) is 0 Å². The van der Waals surface area contributed by atoms with Crippen molar-refractivity contribution >= 4 is 11.8 Å². The summed E-state index contributed by atoms with van der Waals surface area (Å²) in [7, 11) is 1.95. The quantitative estimate of drug-likeness (QED) is 0.783. The lowest BCUT2D eigenvalue weighted by molar-refractivity contribution is 0.626. The normalized spacial score (nSPS) is 10.8. The zero-order chi connectivity index (χ0) is 12.3. The topological polar surface area (TPSA) is 30.7 Å². The van der Waals surface area contributed by atoms with Crippen LogP contribution in [0.4, 0.5) is 4.39 Å². The molecule has 0 bridgehead atoms. The molecule has 1 aromatic heterocycles. The van der Waals surface area contributed by atoms with Gasteiger partial charge in [0.1, 0.15) is 11.6 Å². The molecule has 0 aliphatic rings. The highest BCUT2D eigenvalue weighted by Crippen LogP contribution is 2.21. The number of aryl methyl sites for hydroxylation is 1. The number of hydrogen-bond acceptors (Lipinski definition) is 3. The van der Waals surface area contributed by atoms with Crippen molar-refractivity contribution in [3.05, 3.63) is 41.5 Å². The lowest BCUT2D eigenvalue weighted by Gasteiger charge is -2.02. The molecule has 0 aliphatic carbocycles. The molecular formula is C12H14FN3S. The maximum absolute atomic E-state index is 13.0. The van der Waals surface area contributed by atoms with Crippen molar-refractivity contribution in [3.63, 3.8) is 0 Å². The molecule has 0 atom stereocenters. The minimum Gasteiger partial charge on any atom is -0.309 e. The zero-order valence-electron chi connectivity index (χ0n) is 9.85. The van der Waals surface area contributed by atoms with E-state index in [0.717, 1.165) is 23.0 Å². The third-order valence-electron chi connectivity index (χ3n) is 2.50. The summed E-state index contributed by atoms with van der Waals surface area (Å²) in [5, 5.41) is 9.06. The average Bonchev–Trinajstić information content (AvgIpc) is 2.67. The van der Waals surface area contributed by atoms with Gasteiger partial charge in [-0.3, -0.25) is 0 Å². The average molecular weight is 251 g/mol. The zero-order valence-corrected chi connectivity index (χ0v) is 10.7. The Morgan fingerprint density at radius 3 is 2.82 bits per heavy atom. The first-order valence-electron chi connectivity index (χ1n) is 5.46. The molecule has 0 saturated heterocycles. The smallest absolute Gasteiger partial charge is 0.191 e. The first kappa shape index (κ1) is 12.1.